The van der Waals surface area contributed by atoms with Crippen LogP contribution in [0.1, 0.15) is 18.4 Å². The largest absolute Gasteiger partial charge is 0.354 e. The molecule has 0 radical (unpaired) electrons. The van der Waals surface area contributed by atoms with Crippen LogP contribution in [0.15, 0.2) is 34.8 Å². The summed E-state index contributed by atoms with van der Waals surface area (Å²) >= 11 is 3.38. The quantitative estimate of drug-likeness (QED) is 0.834. The van der Waals surface area contributed by atoms with Crippen LogP contribution in [-0.4, -0.2) is 24.4 Å². The van der Waals surface area contributed by atoms with Crippen LogP contribution in [0.4, 0.5) is 0 Å². The highest BCUT2D eigenvalue weighted by Gasteiger charge is 2.18. The zero-order chi connectivity index (χ0) is 13.7. The molecule has 19 heavy (non-hydrogen) atoms. The Hall–Kier alpha value is -1.62. The van der Waals surface area contributed by atoms with Crippen molar-refractivity contribution in [2.45, 2.75) is 18.9 Å². The number of carbonyl (C=O) groups is 2. The molecule has 2 rings (SSSR count). The van der Waals surface area contributed by atoms with Crippen molar-refractivity contribution < 1.29 is 9.59 Å². The minimum absolute atomic E-state index is 0.0253. The summed E-state index contributed by atoms with van der Waals surface area (Å²) in [6.07, 6.45) is 4.45. The maximum Gasteiger partial charge on any atom is 0.244 e. The average Bonchev–Trinajstić information content (AvgIpc) is 2.39. The molecule has 4 nitrogen and oxygen atoms in total. The van der Waals surface area contributed by atoms with Crippen molar-refractivity contribution in [1.82, 2.24) is 10.6 Å². The Morgan fingerprint density at radius 3 is 3.00 bits per heavy atom. The summed E-state index contributed by atoms with van der Waals surface area (Å²) in [6, 6.07) is 7.73. The SMILES string of the molecule is O=C(C=Cc1cccc(Br)c1)NC1CCC(=O)NC1. The number of benzene rings is 1. The molecule has 0 bridgehead atoms. The molecule has 1 aromatic carbocycles. The Morgan fingerprint density at radius 1 is 1.47 bits per heavy atom. The zero-order valence-corrected chi connectivity index (χ0v) is 11.9. The van der Waals surface area contributed by atoms with Crippen LogP contribution in [0.5, 0.6) is 0 Å². The van der Waals surface area contributed by atoms with Gasteiger partial charge in [0.15, 0.2) is 0 Å². The Kier molecular flexibility index (Phi) is 4.74. The van der Waals surface area contributed by atoms with E-state index in [-0.39, 0.29) is 17.9 Å². The molecule has 0 saturated carbocycles. The van der Waals surface area contributed by atoms with Gasteiger partial charge in [0.25, 0.3) is 0 Å². The lowest BCUT2D eigenvalue weighted by Gasteiger charge is -2.22. The van der Waals surface area contributed by atoms with Crippen LogP contribution in [0.2, 0.25) is 0 Å². The second-order valence-electron chi connectivity index (χ2n) is 4.44. The number of amides is 2. The molecule has 1 fully saturated rings. The molecule has 0 spiro atoms. The maximum atomic E-state index is 11.7. The molecule has 5 heteroatoms. The van der Waals surface area contributed by atoms with Crippen molar-refractivity contribution in [3.63, 3.8) is 0 Å². The van der Waals surface area contributed by atoms with Gasteiger partial charge in [0, 0.05) is 29.6 Å². The van der Waals surface area contributed by atoms with Crippen LogP contribution in [0.3, 0.4) is 0 Å². The van der Waals surface area contributed by atoms with Crippen molar-refractivity contribution in [2.75, 3.05) is 6.54 Å². The minimum atomic E-state index is -0.138. The molecule has 1 saturated heterocycles. The smallest absolute Gasteiger partial charge is 0.244 e. The predicted octanol–water partition coefficient (Wildman–Crippen LogP) is 1.86. The van der Waals surface area contributed by atoms with Crippen molar-refractivity contribution in [1.29, 1.82) is 0 Å². The normalized spacial score (nSPS) is 19.2. The number of hydrogen-bond donors (Lipinski definition) is 2. The van der Waals surface area contributed by atoms with Crippen LogP contribution in [0.25, 0.3) is 6.08 Å². The molecule has 2 N–H and O–H groups in total. The summed E-state index contributed by atoms with van der Waals surface area (Å²) in [5.74, 6) is -0.0868. The van der Waals surface area contributed by atoms with E-state index < -0.39 is 0 Å². The third-order valence-corrected chi connectivity index (χ3v) is 3.38. The highest BCUT2D eigenvalue weighted by Crippen LogP contribution is 2.12. The van der Waals surface area contributed by atoms with Crippen molar-refractivity contribution >= 4 is 33.8 Å². The van der Waals surface area contributed by atoms with Gasteiger partial charge in [0.2, 0.25) is 11.8 Å². The lowest BCUT2D eigenvalue weighted by Crippen LogP contribution is -2.47. The van der Waals surface area contributed by atoms with Crippen LogP contribution in [0, 0.1) is 0 Å². The van der Waals surface area contributed by atoms with Gasteiger partial charge in [-0.2, -0.15) is 0 Å². The van der Waals surface area contributed by atoms with E-state index >= 15 is 0 Å². The molecule has 1 atom stereocenters. The van der Waals surface area contributed by atoms with E-state index in [1.54, 1.807) is 6.08 Å². The number of piperidine rings is 1. The molecule has 2 amide bonds. The lowest BCUT2D eigenvalue weighted by molar-refractivity contribution is -0.124. The average molecular weight is 323 g/mol. The molecule has 1 aromatic rings. The van der Waals surface area contributed by atoms with Gasteiger partial charge in [-0.15, -0.1) is 0 Å². The molecular weight excluding hydrogens is 308 g/mol. The third kappa shape index (κ3) is 4.52. The van der Waals surface area contributed by atoms with Gasteiger partial charge in [0.1, 0.15) is 0 Å². The first-order valence-electron chi connectivity index (χ1n) is 6.14. The Morgan fingerprint density at radius 2 is 2.32 bits per heavy atom. The standard InChI is InChI=1S/C14H15BrN2O2/c15-11-3-1-2-10(8-11)4-6-14(19)17-12-5-7-13(18)16-9-12/h1-4,6,8,12H,5,7,9H2,(H,16,18)(H,17,19). The number of rotatable bonds is 3. The third-order valence-electron chi connectivity index (χ3n) is 2.89. The molecule has 0 aliphatic carbocycles. The van der Waals surface area contributed by atoms with Gasteiger partial charge >= 0.3 is 0 Å². The second kappa shape index (κ2) is 6.52. The first kappa shape index (κ1) is 13.8. The fourth-order valence-corrected chi connectivity index (χ4v) is 2.30. The Bertz CT molecular complexity index is 504. The van der Waals surface area contributed by atoms with Crippen LogP contribution < -0.4 is 10.6 Å². The number of halogens is 1. The topological polar surface area (TPSA) is 58.2 Å². The van der Waals surface area contributed by atoms with Gasteiger partial charge in [-0.3, -0.25) is 9.59 Å². The van der Waals surface area contributed by atoms with Gasteiger partial charge in [-0.1, -0.05) is 28.1 Å². The number of carbonyl (C=O) groups excluding carboxylic acids is 2. The molecule has 1 heterocycles. The summed E-state index contributed by atoms with van der Waals surface area (Å²) in [5.41, 5.74) is 0.960. The van der Waals surface area contributed by atoms with Gasteiger partial charge in [-0.05, 0) is 30.2 Å². The molecular formula is C14H15BrN2O2. The summed E-state index contributed by atoms with van der Waals surface area (Å²) in [5, 5.41) is 5.61. The summed E-state index contributed by atoms with van der Waals surface area (Å²) in [6.45, 7) is 0.509. The lowest BCUT2D eigenvalue weighted by atomic mass is 10.1. The van der Waals surface area contributed by atoms with E-state index in [2.05, 4.69) is 26.6 Å². The summed E-state index contributed by atoms with van der Waals surface area (Å²) in [7, 11) is 0. The number of nitrogens with one attached hydrogen (secondary N) is 2. The van der Waals surface area contributed by atoms with Crippen molar-refractivity contribution in [3.8, 4) is 0 Å². The zero-order valence-electron chi connectivity index (χ0n) is 10.4. The summed E-state index contributed by atoms with van der Waals surface area (Å²) < 4.78 is 0.977. The van der Waals surface area contributed by atoms with Gasteiger partial charge < -0.3 is 10.6 Å². The fourth-order valence-electron chi connectivity index (χ4n) is 1.89. The van der Waals surface area contributed by atoms with E-state index in [0.717, 1.165) is 10.0 Å². The summed E-state index contributed by atoms with van der Waals surface area (Å²) in [4.78, 5) is 22.7. The minimum Gasteiger partial charge on any atom is -0.354 e. The van der Waals surface area contributed by atoms with Gasteiger partial charge in [-0.25, -0.2) is 0 Å². The van der Waals surface area contributed by atoms with E-state index in [4.69, 9.17) is 0 Å². The van der Waals surface area contributed by atoms with Crippen molar-refractivity contribution in [3.05, 3.63) is 40.4 Å². The van der Waals surface area contributed by atoms with E-state index in [1.807, 2.05) is 24.3 Å². The van der Waals surface area contributed by atoms with Crippen LogP contribution in [-0.2, 0) is 9.59 Å². The van der Waals surface area contributed by atoms with E-state index in [1.165, 1.54) is 6.08 Å². The predicted molar refractivity (Wildman–Crippen MR) is 77.4 cm³/mol. The second-order valence-corrected chi connectivity index (χ2v) is 5.35. The van der Waals surface area contributed by atoms with E-state index in [0.29, 0.717) is 19.4 Å². The number of hydrogen-bond acceptors (Lipinski definition) is 2. The fraction of sp³-hybridized carbons (Fsp3) is 0.286. The molecule has 1 aliphatic rings. The molecule has 1 aliphatic heterocycles. The first-order chi connectivity index (χ1) is 9.13. The van der Waals surface area contributed by atoms with E-state index in [9.17, 15) is 9.59 Å². The van der Waals surface area contributed by atoms with Gasteiger partial charge in [0.05, 0.1) is 0 Å². The monoisotopic (exact) mass is 322 g/mol. The Labute approximate surface area is 120 Å². The highest BCUT2D eigenvalue weighted by atomic mass is 79.9. The molecule has 100 valence electrons. The molecule has 1 unspecified atom stereocenters. The maximum absolute atomic E-state index is 11.7. The van der Waals surface area contributed by atoms with Crippen molar-refractivity contribution in [2.24, 2.45) is 0 Å². The Balaban J connectivity index is 1.85. The molecule has 0 aromatic heterocycles. The first-order valence-corrected chi connectivity index (χ1v) is 6.93. The highest BCUT2D eigenvalue weighted by molar-refractivity contribution is 9.10. The van der Waals surface area contributed by atoms with Crippen LogP contribution >= 0.6 is 15.9 Å².